The average Bonchev–Trinajstić information content (AvgIpc) is 3.47. The van der Waals surface area contributed by atoms with Gasteiger partial charge in [-0.2, -0.15) is 0 Å². The molecule has 1 aliphatic heterocycles. The van der Waals surface area contributed by atoms with E-state index in [0.29, 0.717) is 27.8 Å². The number of rotatable bonds is 9. The Labute approximate surface area is 213 Å². The van der Waals surface area contributed by atoms with Crippen molar-refractivity contribution in [1.82, 2.24) is 9.80 Å². The number of hydrogen-bond acceptors (Lipinski definition) is 5. The molecule has 9 heteroatoms. The lowest BCUT2D eigenvalue weighted by molar-refractivity contribution is -0.133. The number of ether oxygens (including phenoxy) is 2. The molecule has 1 aliphatic rings. The topological polar surface area (TPSA) is 72.2 Å². The molecule has 35 heavy (non-hydrogen) atoms. The first kappa shape index (κ1) is 24.7. The maximum atomic E-state index is 13.5. The summed E-state index contributed by atoms with van der Waals surface area (Å²) in [6.07, 6.45) is 1.57. The van der Waals surface area contributed by atoms with Gasteiger partial charge < -0.3 is 23.7 Å². The van der Waals surface area contributed by atoms with Gasteiger partial charge in [0.15, 0.2) is 11.5 Å². The number of amides is 2. The molecule has 182 valence electrons. The summed E-state index contributed by atoms with van der Waals surface area (Å²) in [6.45, 7) is 6.29. The Kier molecular flexibility index (Phi) is 7.68. The van der Waals surface area contributed by atoms with Crippen molar-refractivity contribution in [3.63, 3.8) is 0 Å². The quantitative estimate of drug-likeness (QED) is 0.353. The number of furan rings is 1. The van der Waals surface area contributed by atoms with E-state index in [1.165, 1.54) is 11.0 Å². The van der Waals surface area contributed by atoms with Crippen LogP contribution in [0.3, 0.4) is 0 Å². The largest absolute Gasteiger partial charge is 0.464 e. The fraction of sp³-hybridized carbons (Fsp3) is 0.231. The molecule has 3 aromatic rings. The Morgan fingerprint density at radius 1 is 0.971 bits per heavy atom. The number of carbonyl (C=O) groups is 2. The Morgan fingerprint density at radius 3 is 2.49 bits per heavy atom. The molecule has 0 saturated carbocycles. The summed E-state index contributed by atoms with van der Waals surface area (Å²) in [5.41, 5.74) is 1.19. The Balaban J connectivity index is 1.55. The Bertz CT molecular complexity index is 1260. The van der Waals surface area contributed by atoms with Crippen LogP contribution in [0.5, 0.6) is 11.5 Å². The third-order valence-electron chi connectivity index (χ3n) is 5.44. The second-order valence-electron chi connectivity index (χ2n) is 8.05. The first-order valence-corrected chi connectivity index (χ1v) is 11.7. The second-order valence-corrected chi connectivity index (χ2v) is 8.87. The lowest BCUT2D eigenvalue weighted by atomic mass is 10.1. The van der Waals surface area contributed by atoms with Crippen LogP contribution in [0.4, 0.5) is 0 Å². The molecule has 0 saturated heterocycles. The lowest BCUT2D eigenvalue weighted by Crippen LogP contribution is -2.42. The van der Waals surface area contributed by atoms with Crippen LogP contribution in [0.15, 0.2) is 65.6 Å². The number of aryl methyl sites for hydroxylation is 1. The monoisotopic (exact) mass is 514 g/mol. The van der Waals surface area contributed by atoms with Gasteiger partial charge in [-0.25, -0.2) is 0 Å². The highest BCUT2D eigenvalue weighted by Crippen LogP contribution is 2.33. The number of halogens is 2. The van der Waals surface area contributed by atoms with Crippen LogP contribution >= 0.6 is 23.2 Å². The zero-order valence-electron chi connectivity index (χ0n) is 19.1. The zero-order chi connectivity index (χ0) is 24.9. The molecule has 0 unspecified atom stereocenters. The van der Waals surface area contributed by atoms with Crippen molar-refractivity contribution in [1.29, 1.82) is 0 Å². The molecular weight excluding hydrogens is 491 g/mol. The molecule has 1 aromatic heterocycles. The summed E-state index contributed by atoms with van der Waals surface area (Å²) in [6, 6.07) is 13.8. The number of nitrogens with zero attached hydrogens (tertiary/aromatic N) is 2. The second kappa shape index (κ2) is 10.9. The molecule has 7 nitrogen and oxygen atoms in total. The lowest BCUT2D eigenvalue weighted by Gasteiger charge is -2.27. The fourth-order valence-corrected chi connectivity index (χ4v) is 4.00. The third kappa shape index (κ3) is 5.99. The molecule has 0 fully saturated rings. The van der Waals surface area contributed by atoms with Gasteiger partial charge in [0, 0.05) is 18.7 Å². The minimum atomic E-state index is -0.353. The molecule has 0 atom stereocenters. The maximum absolute atomic E-state index is 13.5. The summed E-state index contributed by atoms with van der Waals surface area (Å²) >= 11 is 12.1. The van der Waals surface area contributed by atoms with Crippen LogP contribution < -0.4 is 9.47 Å². The van der Waals surface area contributed by atoms with Crippen LogP contribution in [-0.2, 0) is 17.9 Å². The van der Waals surface area contributed by atoms with Crippen LogP contribution in [-0.4, -0.2) is 41.5 Å². The van der Waals surface area contributed by atoms with Gasteiger partial charge >= 0.3 is 0 Å². The number of hydrogen-bond donors (Lipinski definition) is 0. The van der Waals surface area contributed by atoms with E-state index >= 15 is 0 Å². The van der Waals surface area contributed by atoms with Crippen molar-refractivity contribution >= 4 is 35.0 Å². The first-order valence-electron chi connectivity index (χ1n) is 10.9. The minimum Gasteiger partial charge on any atom is -0.464 e. The van der Waals surface area contributed by atoms with Gasteiger partial charge in [0.05, 0.1) is 16.6 Å². The number of fused-ring (bicyclic) bond motifs is 1. The molecule has 2 amide bonds. The van der Waals surface area contributed by atoms with E-state index in [-0.39, 0.29) is 49.8 Å². The van der Waals surface area contributed by atoms with Gasteiger partial charge in [-0.05, 0) is 55.0 Å². The summed E-state index contributed by atoms with van der Waals surface area (Å²) in [7, 11) is 0. The van der Waals surface area contributed by atoms with Gasteiger partial charge in [0.2, 0.25) is 12.7 Å². The summed E-state index contributed by atoms with van der Waals surface area (Å²) < 4.78 is 16.6. The summed E-state index contributed by atoms with van der Waals surface area (Å²) in [4.78, 5) is 29.7. The highest BCUT2D eigenvalue weighted by molar-refractivity contribution is 6.42. The van der Waals surface area contributed by atoms with Gasteiger partial charge in [-0.1, -0.05) is 35.3 Å². The molecule has 0 radical (unpaired) electrons. The van der Waals surface area contributed by atoms with Crippen LogP contribution in [0.2, 0.25) is 10.0 Å². The third-order valence-corrected chi connectivity index (χ3v) is 6.17. The molecule has 2 heterocycles. The van der Waals surface area contributed by atoms with Crippen molar-refractivity contribution in [2.45, 2.75) is 20.0 Å². The first-order chi connectivity index (χ1) is 16.8. The fourth-order valence-electron chi connectivity index (χ4n) is 3.70. The van der Waals surface area contributed by atoms with E-state index in [4.69, 9.17) is 37.1 Å². The van der Waals surface area contributed by atoms with Gasteiger partial charge in [-0.3, -0.25) is 9.59 Å². The highest BCUT2D eigenvalue weighted by atomic mass is 35.5. The minimum absolute atomic E-state index is 0.157. The summed E-state index contributed by atoms with van der Waals surface area (Å²) in [5.74, 6) is 2.08. The zero-order valence-corrected chi connectivity index (χ0v) is 20.6. The average molecular weight is 515 g/mol. The normalized spacial score (nSPS) is 11.9. The van der Waals surface area contributed by atoms with Crippen molar-refractivity contribution in [3.05, 3.63) is 93.9 Å². The van der Waals surface area contributed by atoms with E-state index < -0.39 is 0 Å². The van der Waals surface area contributed by atoms with Gasteiger partial charge in [-0.15, -0.1) is 6.58 Å². The van der Waals surface area contributed by atoms with E-state index in [1.807, 2.05) is 37.3 Å². The van der Waals surface area contributed by atoms with E-state index in [0.717, 1.165) is 11.3 Å². The maximum Gasteiger partial charge on any atom is 0.254 e. The van der Waals surface area contributed by atoms with Crippen molar-refractivity contribution < 1.29 is 23.5 Å². The number of carbonyl (C=O) groups excluding carboxylic acids is 2. The van der Waals surface area contributed by atoms with Gasteiger partial charge in [0.25, 0.3) is 5.91 Å². The SMILES string of the molecule is C=CCN(CC(=O)N(Cc1ccc2c(c1)OCO2)Cc1ccc(C)o1)C(=O)c1ccc(Cl)c(Cl)c1. The van der Waals surface area contributed by atoms with Crippen molar-refractivity contribution in [2.24, 2.45) is 0 Å². The van der Waals surface area contributed by atoms with Crippen LogP contribution in [0, 0.1) is 6.92 Å². The molecule has 0 spiro atoms. The predicted molar refractivity (Wildman–Crippen MR) is 133 cm³/mol. The summed E-state index contributed by atoms with van der Waals surface area (Å²) in [5, 5.41) is 0.609. The van der Waals surface area contributed by atoms with E-state index in [1.54, 1.807) is 23.1 Å². The highest BCUT2D eigenvalue weighted by Gasteiger charge is 2.24. The molecule has 0 N–H and O–H groups in total. The van der Waals surface area contributed by atoms with E-state index in [9.17, 15) is 9.59 Å². The molecule has 4 rings (SSSR count). The number of benzene rings is 2. The standard InChI is InChI=1S/C26H24Cl2N2O5/c1-3-10-29(26(32)19-6-8-21(27)22(28)12-19)15-25(31)30(14-20-7-4-17(2)35-20)13-18-5-9-23-24(11-18)34-16-33-23/h3-9,11-12H,1,10,13-16H2,2H3. The molecular formula is C26H24Cl2N2O5. The molecule has 0 aliphatic carbocycles. The molecule has 2 aromatic carbocycles. The van der Waals surface area contributed by atoms with Crippen LogP contribution in [0.1, 0.15) is 27.4 Å². The van der Waals surface area contributed by atoms with Crippen LogP contribution in [0.25, 0.3) is 0 Å². The molecule has 0 bridgehead atoms. The van der Waals surface area contributed by atoms with Crippen molar-refractivity contribution in [3.8, 4) is 11.5 Å². The van der Waals surface area contributed by atoms with Crippen molar-refractivity contribution in [2.75, 3.05) is 19.9 Å². The Morgan fingerprint density at radius 2 is 1.77 bits per heavy atom. The smallest absolute Gasteiger partial charge is 0.254 e. The predicted octanol–water partition coefficient (Wildman–Crippen LogP) is 5.48. The van der Waals surface area contributed by atoms with E-state index in [2.05, 4.69) is 6.58 Å². The Hall–Kier alpha value is -3.42. The van der Waals surface area contributed by atoms with Gasteiger partial charge in [0.1, 0.15) is 18.1 Å².